The first-order valence-electron chi connectivity index (χ1n) is 28.8. The van der Waals surface area contributed by atoms with E-state index < -0.39 is 153 Å². The van der Waals surface area contributed by atoms with Crippen molar-refractivity contribution in [2.75, 3.05) is 122 Å². The number of nitrogens with zero attached hydrogens (tertiary/aromatic N) is 6. The van der Waals surface area contributed by atoms with Gasteiger partial charge in [-0.1, -0.05) is 6.07 Å². The molecule has 3 atom stereocenters. The summed E-state index contributed by atoms with van der Waals surface area (Å²) in [7, 11) is -12.1. The summed E-state index contributed by atoms with van der Waals surface area (Å²) in [6.07, 6.45) is 4.48. The highest BCUT2D eigenvalue weighted by Gasteiger charge is 2.35. The summed E-state index contributed by atoms with van der Waals surface area (Å²) in [5, 5.41) is 53.3. The molecule has 1 aliphatic rings. The number of pyridine rings is 1. The van der Waals surface area contributed by atoms with Crippen molar-refractivity contribution in [3.8, 4) is 5.75 Å². The maximum atomic E-state index is 13.7. The third-order valence-electron chi connectivity index (χ3n) is 14.2. The minimum Gasteiger partial charge on any atom is -0.494 e. The maximum Gasteiger partial charge on any atom is 0.323 e. The Bertz CT molecular complexity index is 3460. The minimum absolute atomic E-state index is 0.00714. The van der Waals surface area contributed by atoms with Crippen LogP contribution < -0.4 is 46.8 Å². The topological polar surface area (TPSA) is 547 Å². The molecule has 2 aromatic carbocycles. The molecule has 0 saturated carbocycles. The molecule has 3 heterocycles. The number of ether oxygens (including phenoxy) is 1. The van der Waals surface area contributed by atoms with Crippen LogP contribution in [0.5, 0.6) is 5.75 Å². The van der Waals surface area contributed by atoms with Gasteiger partial charge in [0.25, 0.3) is 5.91 Å². The molecule has 0 radical (unpaired) electrons. The number of fused-ring (bicyclic) bond motifs is 1. The molecule has 1 saturated heterocycles. The Morgan fingerprint density at radius 3 is 1.68 bits per heavy atom. The van der Waals surface area contributed by atoms with Gasteiger partial charge in [-0.15, -0.1) is 0 Å². The van der Waals surface area contributed by atoms with Gasteiger partial charge in [-0.25, -0.2) is 13.4 Å². The molecule has 0 spiro atoms. The number of carboxylic acids is 4. The van der Waals surface area contributed by atoms with Crippen LogP contribution in [-0.2, 0) is 62.0 Å². The summed E-state index contributed by atoms with van der Waals surface area (Å²) in [5.41, 5.74) is 0.643. The zero-order chi connectivity index (χ0) is 69.7. The van der Waals surface area contributed by atoms with E-state index in [9.17, 15) is 104 Å². The van der Waals surface area contributed by atoms with Crippen LogP contribution in [0.1, 0.15) is 39.9 Å². The summed E-state index contributed by atoms with van der Waals surface area (Å²) in [4.78, 5) is 140. The first-order valence-corrected chi connectivity index (χ1v) is 33.7. The molecule has 5 rings (SSSR count). The van der Waals surface area contributed by atoms with Gasteiger partial charge in [-0.05, 0) is 61.2 Å². The Kier molecular flexibility index (Phi) is 28.9. The van der Waals surface area contributed by atoms with Gasteiger partial charge in [-0.3, -0.25) is 67.5 Å². The number of hydrogen-bond donors (Lipinski definition) is 18. The van der Waals surface area contributed by atoms with Gasteiger partial charge in [0.15, 0.2) is 5.95 Å². The van der Waals surface area contributed by atoms with E-state index in [4.69, 9.17) is 4.74 Å². The number of aliphatic carboxylic acids is 4. The summed E-state index contributed by atoms with van der Waals surface area (Å²) in [5.74, 6) is -12.0. The van der Waals surface area contributed by atoms with E-state index in [1.807, 2.05) is 0 Å². The van der Waals surface area contributed by atoms with Gasteiger partial charge in [-0.2, -0.15) is 4.72 Å². The fourth-order valence-corrected chi connectivity index (χ4v) is 12.8. The molecule has 4 aromatic rings. The Morgan fingerprint density at radius 2 is 1.18 bits per heavy atom. The normalized spacial score (nSPS) is 15.6. The molecule has 18 N–H and O–H groups in total. The van der Waals surface area contributed by atoms with Crippen LogP contribution in [0.15, 0.2) is 58.6 Å². The molecule has 2 aromatic heterocycles. The van der Waals surface area contributed by atoms with E-state index in [1.54, 1.807) is 42.2 Å². The first-order chi connectivity index (χ1) is 44.1. The van der Waals surface area contributed by atoms with Crippen LogP contribution in [0.2, 0.25) is 0 Å². The van der Waals surface area contributed by atoms with Crippen molar-refractivity contribution in [2.45, 2.75) is 56.3 Å². The Morgan fingerprint density at radius 1 is 0.660 bits per heavy atom. The number of carboxylic acid groups (broad SMARTS) is 4. The fourth-order valence-electron chi connectivity index (χ4n) is 9.82. The monoisotopic (exact) mass is 1390 g/mol. The number of aromatic amines is 1. The standard InChI is InChI=1S/C54H80N14O23S3/c1-33-21-36(22-34(2)49(33)94(89,90)63-39(53(81)82)25-59-50(78)38-26-64(3)42-23-35(6-7-37(42)48(38)77)24-60-54-57-10-11-58-54)91-20-4-5-43(69)55-8-9-56-51(79)40(31-92(83,84)85)62-52(80)41(32-93(86,87)88)61-44(70)27-65-12-14-66(28-45(71)72)16-18-68(30-47(75)76)19-17-67(15-13-65)29-46(73)74/h6-7,10-11,21-23,26,39-41,63,83-88H,4-5,8-9,12-20,24-25,27-32H2,1-3H3,(H,55,69)(H,56,79)(H,59,78)(H,61,70)(H,62,80)(H,71,72)(H,73,74)(H,75,76)(H,81,82)(H2,57,58,60)/t39-,40?,41?/m0/s1. The zero-order valence-electron chi connectivity index (χ0n) is 51.4. The number of anilines is 1. The molecule has 1 aliphatic heterocycles. The number of aryl methyl sites for hydroxylation is 3. The van der Waals surface area contributed by atoms with Crippen LogP contribution in [0.25, 0.3) is 10.9 Å². The number of sulfonamides is 1. The molecule has 94 heavy (non-hydrogen) atoms. The molecule has 37 nitrogen and oxygen atoms in total. The number of hydrogen-bond acceptors (Lipinski definition) is 25. The number of aromatic nitrogens is 3. The summed E-state index contributed by atoms with van der Waals surface area (Å²) in [6, 6.07) is 1.79. The Balaban J connectivity index is 1.10. The first kappa shape index (κ1) is 76.6. The predicted octanol–water partition coefficient (Wildman–Crippen LogP) is -2.06. The van der Waals surface area contributed by atoms with Crippen molar-refractivity contribution in [3.05, 3.63) is 81.4 Å². The molecular formula is C54H80N14O23S3. The predicted molar refractivity (Wildman–Crippen MR) is 339 cm³/mol. The van der Waals surface area contributed by atoms with Crippen LogP contribution in [0, 0.1) is 13.8 Å². The second kappa shape index (κ2) is 35.4. The second-order valence-electron chi connectivity index (χ2n) is 21.9. The molecule has 0 bridgehead atoms. The van der Waals surface area contributed by atoms with Crippen LogP contribution in [0.3, 0.4) is 0 Å². The highest BCUT2D eigenvalue weighted by Crippen LogP contribution is 2.35. The van der Waals surface area contributed by atoms with Crippen molar-refractivity contribution in [1.82, 2.24) is 65.4 Å². The van der Waals surface area contributed by atoms with Gasteiger partial charge < -0.3 is 93.9 Å². The van der Waals surface area contributed by atoms with Crippen molar-refractivity contribution in [3.63, 3.8) is 0 Å². The van der Waals surface area contributed by atoms with Crippen LogP contribution >= 0.6 is 21.7 Å². The minimum atomic E-state index is -4.60. The van der Waals surface area contributed by atoms with Gasteiger partial charge in [0.1, 0.15) is 29.4 Å². The van der Waals surface area contributed by atoms with Gasteiger partial charge >= 0.3 is 23.9 Å². The second-order valence-corrected chi connectivity index (χ2v) is 26.7. The fraction of sp³-hybridized carbons (Fsp3) is 0.500. The lowest BCUT2D eigenvalue weighted by atomic mass is 10.1. The van der Waals surface area contributed by atoms with E-state index in [0.29, 0.717) is 18.0 Å². The average molecular weight is 1390 g/mol. The van der Waals surface area contributed by atoms with Crippen molar-refractivity contribution in [2.24, 2.45) is 7.05 Å². The molecule has 1 fully saturated rings. The number of carbonyl (C=O) groups excluding carboxylic acids is 5. The molecule has 5 amide bonds. The van der Waals surface area contributed by atoms with E-state index in [0.717, 1.165) is 5.56 Å². The molecule has 0 aliphatic carbocycles. The number of nitrogens with one attached hydrogen (secondary N) is 8. The average Bonchev–Trinajstić information content (AvgIpc) is 0.830. The van der Waals surface area contributed by atoms with E-state index in [-0.39, 0.29) is 118 Å². The SMILES string of the molecule is Cc1cc(OCCCC(=O)NCCNC(=O)C(CS(O)(O)O)NC(=O)C(CS(O)(O)O)NC(=O)CN2CCN(CC(=O)O)CCN(CC(=O)O)CCN(CC(=O)O)CC2)cc(C)c1S(=O)(=O)N[C@@H](CNC(=O)c1cn(C)c2cc(CNc3ncc[nH]3)ccc2c1=O)C(=O)O. The number of amides is 5. The van der Waals surface area contributed by atoms with Crippen molar-refractivity contribution >= 4 is 102 Å². The summed E-state index contributed by atoms with van der Waals surface area (Å²) in [6.45, 7) is 0.0441. The van der Waals surface area contributed by atoms with Gasteiger partial charge in [0, 0.05) is 116 Å². The molecule has 40 heteroatoms. The van der Waals surface area contributed by atoms with Crippen LogP contribution in [-0.4, -0.2) is 278 Å². The highest BCUT2D eigenvalue weighted by atomic mass is 32.3. The van der Waals surface area contributed by atoms with E-state index >= 15 is 0 Å². The Hall–Kier alpha value is -8.10. The summed E-state index contributed by atoms with van der Waals surface area (Å²) < 4.78 is 96.4. The molecular weight excluding hydrogens is 1310 g/mol. The number of H-pyrrole nitrogens is 1. The van der Waals surface area contributed by atoms with E-state index in [1.165, 1.54) is 51.8 Å². The lowest BCUT2D eigenvalue weighted by Gasteiger charge is -2.33. The summed E-state index contributed by atoms with van der Waals surface area (Å²) >= 11 is 0. The number of carbonyl (C=O) groups is 9. The van der Waals surface area contributed by atoms with Gasteiger partial charge in [0.05, 0.1) is 76.4 Å². The third kappa shape index (κ3) is 26.0. The third-order valence-corrected chi connectivity index (χ3v) is 17.6. The lowest BCUT2D eigenvalue weighted by molar-refractivity contribution is -0.140. The number of rotatable bonds is 34. The van der Waals surface area contributed by atoms with E-state index in [2.05, 4.69) is 46.6 Å². The smallest absolute Gasteiger partial charge is 0.323 e. The quantitative estimate of drug-likeness (QED) is 0.0224. The van der Waals surface area contributed by atoms with Gasteiger partial charge in [0.2, 0.25) is 39.1 Å². The highest BCUT2D eigenvalue weighted by molar-refractivity contribution is 8.19. The van der Waals surface area contributed by atoms with Crippen molar-refractivity contribution < 1.29 is 104 Å². The van der Waals surface area contributed by atoms with Crippen molar-refractivity contribution in [1.29, 1.82) is 0 Å². The molecule has 2 unspecified atom stereocenters. The lowest BCUT2D eigenvalue weighted by Crippen LogP contribution is -2.58. The maximum absolute atomic E-state index is 13.7. The largest absolute Gasteiger partial charge is 0.494 e. The van der Waals surface area contributed by atoms with Crippen LogP contribution in [0.4, 0.5) is 5.95 Å². The number of benzene rings is 2. The molecule has 522 valence electrons. The zero-order valence-corrected chi connectivity index (χ0v) is 53.8. The Labute approximate surface area is 541 Å². The number of imidazole rings is 1.